The van der Waals surface area contributed by atoms with E-state index in [-0.39, 0.29) is 0 Å². The summed E-state index contributed by atoms with van der Waals surface area (Å²) in [6, 6.07) is 0. The highest BCUT2D eigenvalue weighted by Crippen LogP contribution is 2.44. The molecule has 2 saturated carbocycles. The SMILES string of the molecule is PC1C2CCCCC1CC2. The molecule has 0 saturated heterocycles. The van der Waals surface area contributed by atoms with Gasteiger partial charge in [-0.05, 0) is 43.2 Å². The summed E-state index contributed by atoms with van der Waals surface area (Å²) in [5.74, 6) is 2.16. The highest BCUT2D eigenvalue weighted by Gasteiger charge is 2.33. The van der Waals surface area contributed by atoms with Crippen molar-refractivity contribution in [3.63, 3.8) is 0 Å². The quantitative estimate of drug-likeness (QED) is 0.473. The lowest BCUT2D eigenvalue weighted by Crippen LogP contribution is -2.10. The van der Waals surface area contributed by atoms with E-state index < -0.39 is 0 Å². The zero-order valence-electron chi connectivity index (χ0n) is 6.55. The number of hydrogen-bond donors (Lipinski definition) is 0. The van der Waals surface area contributed by atoms with Crippen molar-refractivity contribution in [2.45, 2.75) is 44.2 Å². The van der Waals surface area contributed by atoms with Crippen molar-refractivity contribution in [1.29, 1.82) is 0 Å². The molecule has 0 heterocycles. The molecule has 3 atom stereocenters. The largest absolute Gasteiger partial charge is 0.134 e. The van der Waals surface area contributed by atoms with E-state index in [0.717, 1.165) is 17.5 Å². The van der Waals surface area contributed by atoms with Gasteiger partial charge in [-0.2, -0.15) is 0 Å². The van der Waals surface area contributed by atoms with Crippen LogP contribution in [0.1, 0.15) is 38.5 Å². The Morgan fingerprint density at radius 2 is 1.30 bits per heavy atom. The van der Waals surface area contributed by atoms with E-state index >= 15 is 0 Å². The summed E-state index contributed by atoms with van der Waals surface area (Å²) in [7, 11) is 3.08. The molecule has 1 heteroatoms. The molecular weight excluding hydrogens is 139 g/mol. The van der Waals surface area contributed by atoms with Crippen LogP contribution in [0.4, 0.5) is 0 Å². The summed E-state index contributed by atoms with van der Waals surface area (Å²) in [5, 5.41) is 0. The van der Waals surface area contributed by atoms with Crippen LogP contribution in [0.25, 0.3) is 0 Å². The zero-order chi connectivity index (χ0) is 6.97. The molecule has 0 aromatic rings. The highest BCUT2D eigenvalue weighted by atomic mass is 31.0. The van der Waals surface area contributed by atoms with Gasteiger partial charge in [-0.1, -0.05) is 12.8 Å². The van der Waals surface area contributed by atoms with Crippen molar-refractivity contribution >= 4 is 9.24 Å². The maximum absolute atomic E-state index is 3.08. The highest BCUT2D eigenvalue weighted by molar-refractivity contribution is 7.17. The molecule has 0 aromatic heterocycles. The van der Waals surface area contributed by atoms with Crippen molar-refractivity contribution < 1.29 is 0 Å². The number of rotatable bonds is 0. The summed E-state index contributed by atoms with van der Waals surface area (Å²) in [5.41, 5.74) is 0.988. The van der Waals surface area contributed by atoms with Crippen molar-refractivity contribution in [3.8, 4) is 0 Å². The first-order valence-corrected chi connectivity index (χ1v) is 5.30. The van der Waals surface area contributed by atoms with Crippen LogP contribution in [0, 0.1) is 11.8 Å². The molecule has 0 radical (unpaired) electrons. The molecule has 10 heavy (non-hydrogen) atoms. The van der Waals surface area contributed by atoms with Gasteiger partial charge in [0.1, 0.15) is 0 Å². The second kappa shape index (κ2) is 2.81. The Hall–Kier alpha value is 0.430. The molecule has 2 fully saturated rings. The molecule has 0 spiro atoms. The Labute approximate surface area is 66.0 Å². The summed E-state index contributed by atoms with van der Waals surface area (Å²) in [4.78, 5) is 0. The van der Waals surface area contributed by atoms with Gasteiger partial charge in [0.05, 0.1) is 0 Å². The van der Waals surface area contributed by atoms with Gasteiger partial charge in [-0.3, -0.25) is 0 Å². The lowest BCUT2D eigenvalue weighted by Gasteiger charge is -2.15. The third kappa shape index (κ3) is 1.11. The summed E-state index contributed by atoms with van der Waals surface area (Å²) >= 11 is 0. The van der Waals surface area contributed by atoms with Gasteiger partial charge in [0.15, 0.2) is 0 Å². The van der Waals surface area contributed by atoms with E-state index in [9.17, 15) is 0 Å². The molecule has 2 rings (SSSR count). The minimum atomic E-state index is 0.988. The summed E-state index contributed by atoms with van der Waals surface area (Å²) in [6.45, 7) is 0. The predicted molar refractivity (Wildman–Crippen MR) is 48.2 cm³/mol. The van der Waals surface area contributed by atoms with E-state index in [1.54, 1.807) is 0 Å². The molecule has 2 aliphatic rings. The fourth-order valence-electron chi connectivity index (χ4n) is 2.68. The number of hydrogen-bond acceptors (Lipinski definition) is 0. The van der Waals surface area contributed by atoms with Crippen LogP contribution >= 0.6 is 9.24 Å². The standard InChI is InChI=1S/C9H17P/c10-9-7-3-1-2-4-8(9)6-5-7/h7-9H,1-6,10H2. The van der Waals surface area contributed by atoms with Crippen LogP contribution in [0.2, 0.25) is 0 Å². The van der Waals surface area contributed by atoms with Gasteiger partial charge < -0.3 is 0 Å². The average molecular weight is 156 g/mol. The number of fused-ring (bicyclic) bond motifs is 2. The Balaban J connectivity index is 2.07. The van der Waals surface area contributed by atoms with Crippen molar-refractivity contribution in [2.24, 2.45) is 11.8 Å². The zero-order valence-corrected chi connectivity index (χ0v) is 7.71. The van der Waals surface area contributed by atoms with E-state index in [0.29, 0.717) is 0 Å². The van der Waals surface area contributed by atoms with Gasteiger partial charge in [0.25, 0.3) is 0 Å². The van der Waals surface area contributed by atoms with Gasteiger partial charge in [-0.15, -0.1) is 9.24 Å². The second-order valence-electron chi connectivity index (χ2n) is 3.96. The Morgan fingerprint density at radius 3 is 1.80 bits per heavy atom. The van der Waals surface area contributed by atoms with E-state index in [4.69, 9.17) is 0 Å². The van der Waals surface area contributed by atoms with Gasteiger partial charge in [0.2, 0.25) is 0 Å². The maximum Gasteiger partial charge on any atom is -0.0207 e. The fraction of sp³-hybridized carbons (Fsp3) is 1.00. The van der Waals surface area contributed by atoms with Crippen LogP contribution in [0.3, 0.4) is 0 Å². The Bertz CT molecular complexity index is 108. The summed E-state index contributed by atoms with van der Waals surface area (Å²) in [6.07, 6.45) is 9.10. The van der Waals surface area contributed by atoms with Crippen LogP contribution < -0.4 is 0 Å². The second-order valence-corrected chi connectivity index (χ2v) is 4.73. The monoisotopic (exact) mass is 156 g/mol. The Morgan fingerprint density at radius 1 is 0.800 bits per heavy atom. The predicted octanol–water partition coefficient (Wildman–Crippen LogP) is 2.83. The minimum Gasteiger partial charge on any atom is -0.134 e. The molecule has 58 valence electrons. The van der Waals surface area contributed by atoms with Crippen LogP contribution in [0.5, 0.6) is 0 Å². The van der Waals surface area contributed by atoms with Crippen LogP contribution in [-0.2, 0) is 0 Å². The van der Waals surface area contributed by atoms with E-state index in [1.807, 2.05) is 0 Å². The normalized spacial score (nSPS) is 47.1. The van der Waals surface area contributed by atoms with Crippen molar-refractivity contribution in [1.82, 2.24) is 0 Å². The van der Waals surface area contributed by atoms with Gasteiger partial charge in [0, 0.05) is 0 Å². The Kier molecular flexibility index (Phi) is 2.00. The molecule has 3 unspecified atom stereocenters. The van der Waals surface area contributed by atoms with Crippen LogP contribution in [-0.4, -0.2) is 5.66 Å². The third-order valence-corrected chi connectivity index (χ3v) is 4.49. The fourth-order valence-corrected chi connectivity index (χ4v) is 3.45. The first kappa shape index (κ1) is 7.10. The lowest BCUT2D eigenvalue weighted by molar-refractivity contribution is 0.486. The van der Waals surface area contributed by atoms with E-state index in [2.05, 4.69) is 9.24 Å². The lowest BCUT2D eigenvalue weighted by atomic mass is 10.0. The van der Waals surface area contributed by atoms with Crippen molar-refractivity contribution in [3.05, 3.63) is 0 Å². The smallest absolute Gasteiger partial charge is 0.0207 e. The van der Waals surface area contributed by atoms with Crippen molar-refractivity contribution in [2.75, 3.05) is 0 Å². The molecule has 2 bridgehead atoms. The summed E-state index contributed by atoms with van der Waals surface area (Å²) < 4.78 is 0. The molecule has 0 aromatic carbocycles. The van der Waals surface area contributed by atoms with Gasteiger partial charge >= 0.3 is 0 Å². The van der Waals surface area contributed by atoms with E-state index in [1.165, 1.54) is 38.5 Å². The topological polar surface area (TPSA) is 0 Å². The molecule has 0 amide bonds. The van der Waals surface area contributed by atoms with Crippen LogP contribution in [0.15, 0.2) is 0 Å². The molecule has 0 nitrogen and oxygen atoms in total. The first-order valence-electron chi connectivity index (χ1n) is 4.63. The molecule has 0 aliphatic heterocycles. The molecule has 0 N–H and O–H groups in total. The minimum absolute atomic E-state index is 0.988. The maximum atomic E-state index is 3.08. The third-order valence-electron chi connectivity index (χ3n) is 3.40. The molecular formula is C9H17P. The first-order chi connectivity index (χ1) is 4.88. The van der Waals surface area contributed by atoms with Gasteiger partial charge in [-0.25, -0.2) is 0 Å². The average Bonchev–Trinajstić information content (AvgIpc) is 2.06. The molecule has 2 aliphatic carbocycles.